The van der Waals surface area contributed by atoms with Gasteiger partial charge in [0.25, 0.3) is 0 Å². The highest BCUT2D eigenvalue weighted by Crippen LogP contribution is 2.16. The van der Waals surface area contributed by atoms with E-state index in [9.17, 15) is 0 Å². The fourth-order valence-electron chi connectivity index (χ4n) is 1.35. The Morgan fingerprint density at radius 2 is 2.36 bits per heavy atom. The summed E-state index contributed by atoms with van der Waals surface area (Å²) in [5.41, 5.74) is 8.34. The first kappa shape index (κ1) is 8.87. The van der Waals surface area contributed by atoms with E-state index < -0.39 is 0 Å². The van der Waals surface area contributed by atoms with Crippen molar-refractivity contribution in [2.45, 2.75) is 13.3 Å². The minimum atomic E-state index is 0.753. The van der Waals surface area contributed by atoms with E-state index >= 15 is 0 Å². The average Bonchev–Trinajstić information content (AvgIpc) is 2.56. The highest BCUT2D eigenvalue weighted by Gasteiger charge is 2.00. The Labute approximate surface area is 82.5 Å². The normalized spacial score (nSPS) is 10.6. The number of nitrogen functional groups attached to an aromatic ring is 1. The van der Waals surface area contributed by atoms with E-state index in [-0.39, 0.29) is 0 Å². The molecule has 0 fully saturated rings. The van der Waals surface area contributed by atoms with Gasteiger partial charge in [-0.3, -0.25) is 0 Å². The first-order valence-electron chi connectivity index (χ1n) is 4.78. The lowest BCUT2D eigenvalue weighted by molar-refractivity contribution is 0.964. The van der Waals surface area contributed by atoms with Crippen molar-refractivity contribution >= 4 is 22.7 Å². The minimum Gasteiger partial charge on any atom is -0.399 e. The van der Waals surface area contributed by atoms with Crippen LogP contribution in [0.25, 0.3) is 11.0 Å². The van der Waals surface area contributed by atoms with Crippen LogP contribution in [0.2, 0.25) is 0 Å². The van der Waals surface area contributed by atoms with Crippen LogP contribution in [0.1, 0.15) is 13.3 Å². The largest absolute Gasteiger partial charge is 0.399 e. The van der Waals surface area contributed by atoms with Gasteiger partial charge in [0.2, 0.25) is 5.95 Å². The second-order valence-corrected chi connectivity index (χ2v) is 3.29. The van der Waals surface area contributed by atoms with Crippen LogP contribution in [0.3, 0.4) is 0 Å². The summed E-state index contributed by atoms with van der Waals surface area (Å²) >= 11 is 0. The van der Waals surface area contributed by atoms with Crippen LogP contribution in [0.15, 0.2) is 18.2 Å². The fourth-order valence-corrected chi connectivity index (χ4v) is 1.35. The molecule has 14 heavy (non-hydrogen) atoms. The van der Waals surface area contributed by atoms with Crippen LogP contribution < -0.4 is 11.1 Å². The van der Waals surface area contributed by atoms with Gasteiger partial charge in [-0.1, -0.05) is 6.92 Å². The summed E-state index contributed by atoms with van der Waals surface area (Å²) in [5, 5.41) is 3.20. The minimum absolute atomic E-state index is 0.753. The number of nitrogens with zero attached hydrogens (tertiary/aromatic N) is 1. The van der Waals surface area contributed by atoms with Gasteiger partial charge < -0.3 is 16.0 Å². The Bertz CT molecular complexity index is 433. The predicted molar refractivity (Wildman–Crippen MR) is 59.3 cm³/mol. The van der Waals surface area contributed by atoms with Gasteiger partial charge >= 0.3 is 0 Å². The van der Waals surface area contributed by atoms with Crippen LogP contribution in [-0.4, -0.2) is 16.5 Å². The SMILES string of the molecule is CCCNc1nc2ccc(N)cc2[nH]1. The number of nitrogens with one attached hydrogen (secondary N) is 2. The van der Waals surface area contributed by atoms with Crippen molar-refractivity contribution < 1.29 is 0 Å². The zero-order valence-corrected chi connectivity index (χ0v) is 8.17. The molecule has 1 aromatic heterocycles. The monoisotopic (exact) mass is 190 g/mol. The first-order chi connectivity index (χ1) is 6.79. The number of nitrogens with two attached hydrogens (primary N) is 1. The number of H-pyrrole nitrogens is 1. The van der Waals surface area contributed by atoms with Crippen molar-refractivity contribution in [1.82, 2.24) is 9.97 Å². The molecule has 2 rings (SSSR count). The van der Waals surface area contributed by atoms with Gasteiger partial charge in [0.15, 0.2) is 0 Å². The van der Waals surface area contributed by atoms with Crippen LogP contribution in [0.4, 0.5) is 11.6 Å². The van der Waals surface area contributed by atoms with Crippen molar-refractivity contribution in [2.24, 2.45) is 0 Å². The summed E-state index contributed by atoms with van der Waals surface area (Å²) in [5.74, 6) is 0.812. The topological polar surface area (TPSA) is 66.7 Å². The van der Waals surface area contributed by atoms with E-state index in [2.05, 4.69) is 22.2 Å². The van der Waals surface area contributed by atoms with Crippen LogP contribution in [-0.2, 0) is 0 Å². The Kier molecular flexibility index (Phi) is 2.26. The highest BCUT2D eigenvalue weighted by atomic mass is 15.1. The number of aromatic nitrogens is 2. The third-order valence-corrected chi connectivity index (χ3v) is 2.05. The van der Waals surface area contributed by atoms with Crippen LogP contribution in [0.5, 0.6) is 0 Å². The van der Waals surface area contributed by atoms with Gasteiger partial charge in [-0.05, 0) is 24.6 Å². The molecule has 4 heteroatoms. The zero-order chi connectivity index (χ0) is 9.97. The smallest absolute Gasteiger partial charge is 0.201 e. The van der Waals surface area contributed by atoms with Crippen molar-refractivity contribution in [3.8, 4) is 0 Å². The molecule has 0 saturated heterocycles. The van der Waals surface area contributed by atoms with Gasteiger partial charge in [-0.15, -0.1) is 0 Å². The molecule has 0 bridgehead atoms. The second-order valence-electron chi connectivity index (χ2n) is 3.29. The summed E-state index contributed by atoms with van der Waals surface area (Å²) < 4.78 is 0. The number of benzene rings is 1. The van der Waals surface area contributed by atoms with Gasteiger partial charge in [0.05, 0.1) is 11.0 Å². The fraction of sp³-hybridized carbons (Fsp3) is 0.300. The Morgan fingerprint density at radius 1 is 1.50 bits per heavy atom. The van der Waals surface area contributed by atoms with Gasteiger partial charge in [0, 0.05) is 12.2 Å². The maximum absolute atomic E-state index is 5.67. The summed E-state index contributed by atoms with van der Waals surface area (Å²) in [6.07, 6.45) is 1.08. The molecule has 0 aliphatic heterocycles. The Balaban J connectivity index is 2.32. The molecule has 0 spiro atoms. The molecule has 1 heterocycles. The molecule has 4 N–H and O–H groups in total. The summed E-state index contributed by atoms with van der Waals surface area (Å²) in [6, 6.07) is 5.66. The van der Waals surface area contributed by atoms with E-state index in [0.717, 1.165) is 35.6 Å². The molecule has 74 valence electrons. The number of rotatable bonds is 3. The molecule has 2 aromatic rings. The maximum Gasteiger partial charge on any atom is 0.201 e. The molecule has 0 atom stereocenters. The Morgan fingerprint density at radius 3 is 3.14 bits per heavy atom. The lowest BCUT2D eigenvalue weighted by atomic mass is 10.3. The van der Waals surface area contributed by atoms with E-state index in [0.29, 0.717) is 0 Å². The van der Waals surface area contributed by atoms with Gasteiger partial charge in [0.1, 0.15) is 0 Å². The summed E-state index contributed by atoms with van der Waals surface area (Å²) in [6.45, 7) is 3.04. The average molecular weight is 190 g/mol. The molecular weight excluding hydrogens is 176 g/mol. The first-order valence-corrected chi connectivity index (χ1v) is 4.78. The second kappa shape index (κ2) is 3.57. The summed E-state index contributed by atoms with van der Waals surface area (Å²) in [4.78, 5) is 7.54. The lowest BCUT2D eigenvalue weighted by Crippen LogP contribution is -2.00. The number of hydrogen-bond acceptors (Lipinski definition) is 3. The third kappa shape index (κ3) is 1.64. The van der Waals surface area contributed by atoms with Crippen LogP contribution >= 0.6 is 0 Å². The van der Waals surface area contributed by atoms with Gasteiger partial charge in [-0.25, -0.2) is 4.98 Å². The molecule has 0 radical (unpaired) electrons. The zero-order valence-electron chi connectivity index (χ0n) is 8.17. The number of hydrogen-bond donors (Lipinski definition) is 3. The van der Waals surface area contributed by atoms with E-state index in [1.54, 1.807) is 0 Å². The molecule has 0 aliphatic carbocycles. The molecule has 1 aromatic carbocycles. The molecule has 0 saturated carbocycles. The standard InChI is InChI=1S/C10H14N4/c1-2-5-12-10-13-8-4-3-7(11)6-9(8)14-10/h3-4,6H,2,5,11H2,1H3,(H2,12,13,14). The van der Waals surface area contributed by atoms with Crippen molar-refractivity contribution in [3.05, 3.63) is 18.2 Å². The molecular formula is C10H14N4. The summed E-state index contributed by atoms with van der Waals surface area (Å²) in [7, 11) is 0. The quantitative estimate of drug-likeness (QED) is 0.648. The molecule has 0 amide bonds. The predicted octanol–water partition coefficient (Wildman–Crippen LogP) is 1.97. The van der Waals surface area contributed by atoms with E-state index in [1.165, 1.54) is 0 Å². The lowest BCUT2D eigenvalue weighted by Gasteiger charge is -1.96. The van der Waals surface area contributed by atoms with Crippen molar-refractivity contribution in [3.63, 3.8) is 0 Å². The molecule has 0 unspecified atom stereocenters. The number of fused-ring (bicyclic) bond motifs is 1. The maximum atomic E-state index is 5.67. The number of anilines is 2. The van der Waals surface area contributed by atoms with Crippen LogP contribution in [0, 0.1) is 0 Å². The van der Waals surface area contributed by atoms with Gasteiger partial charge in [-0.2, -0.15) is 0 Å². The third-order valence-electron chi connectivity index (χ3n) is 2.05. The molecule has 4 nitrogen and oxygen atoms in total. The van der Waals surface area contributed by atoms with Crippen molar-refractivity contribution in [1.29, 1.82) is 0 Å². The highest BCUT2D eigenvalue weighted by molar-refractivity contribution is 5.80. The molecule has 0 aliphatic rings. The number of imidazole rings is 1. The number of aromatic amines is 1. The van der Waals surface area contributed by atoms with E-state index in [4.69, 9.17) is 5.73 Å². The van der Waals surface area contributed by atoms with E-state index in [1.807, 2.05) is 18.2 Å². The van der Waals surface area contributed by atoms with Crippen molar-refractivity contribution in [2.75, 3.05) is 17.6 Å². The Hall–Kier alpha value is -1.71.